The third-order valence-corrected chi connectivity index (χ3v) is 16.5. The van der Waals surface area contributed by atoms with Gasteiger partial charge in [0.15, 0.2) is 6.21 Å². The van der Waals surface area contributed by atoms with Gasteiger partial charge >= 0.3 is 0 Å². The lowest BCUT2D eigenvalue weighted by molar-refractivity contribution is -0.782. The van der Waals surface area contributed by atoms with Crippen molar-refractivity contribution in [1.29, 1.82) is 0 Å². The number of piperidine rings is 2. The summed E-state index contributed by atoms with van der Waals surface area (Å²) >= 11 is 0. The maximum atomic E-state index is 13.8. The number of nitrogens with two attached hydrogens (primary N) is 3. The van der Waals surface area contributed by atoms with E-state index in [4.69, 9.17) is 10.5 Å². The number of ether oxygens (including phenoxy) is 1. The molecule has 0 bridgehead atoms. The Balaban J connectivity index is 0.961. The minimum absolute atomic E-state index is 0.0375. The molecule has 0 aromatic carbocycles. The largest absolute Gasteiger partial charge is 0.393 e. The third-order valence-electron chi connectivity index (χ3n) is 16.5. The van der Waals surface area contributed by atoms with E-state index >= 15 is 0 Å². The lowest BCUT2D eigenvalue weighted by Crippen LogP contribution is -3.05. The maximum absolute atomic E-state index is 13.8. The van der Waals surface area contributed by atoms with Crippen LogP contribution in [0.5, 0.6) is 0 Å². The minimum atomic E-state index is -0.796. The van der Waals surface area contributed by atoms with Crippen molar-refractivity contribution in [3.8, 4) is 11.8 Å². The first-order valence-electron chi connectivity index (χ1n) is 23.7. The minimum Gasteiger partial charge on any atom is -0.393 e. The summed E-state index contributed by atoms with van der Waals surface area (Å²) in [5, 5.41) is 39.0. The van der Waals surface area contributed by atoms with E-state index in [2.05, 4.69) is 33.5 Å². The van der Waals surface area contributed by atoms with Crippen molar-refractivity contribution < 1.29 is 40.3 Å². The van der Waals surface area contributed by atoms with E-state index in [1.165, 1.54) is 44.1 Å². The Kier molecular flexibility index (Phi) is 15.7. The second kappa shape index (κ2) is 20.6. The van der Waals surface area contributed by atoms with Crippen molar-refractivity contribution in [3.05, 3.63) is 18.2 Å². The second-order valence-corrected chi connectivity index (χ2v) is 20.1. The maximum Gasteiger partial charge on any atom is 0.176 e. The zero-order valence-corrected chi connectivity index (χ0v) is 35.5. The van der Waals surface area contributed by atoms with Crippen molar-refractivity contribution in [2.24, 2.45) is 58.1 Å². The fourth-order valence-corrected chi connectivity index (χ4v) is 13.1. The highest BCUT2D eigenvalue weighted by Crippen LogP contribution is 2.44. The number of carbonyl (C=O) groups excluding carboxylic acids is 2. The van der Waals surface area contributed by atoms with Crippen LogP contribution < -0.4 is 16.4 Å². The van der Waals surface area contributed by atoms with Crippen LogP contribution in [0.15, 0.2) is 16.6 Å². The lowest BCUT2D eigenvalue weighted by Gasteiger charge is -2.51. The van der Waals surface area contributed by atoms with Gasteiger partial charge < -0.3 is 30.7 Å². The third kappa shape index (κ3) is 11.0. The summed E-state index contributed by atoms with van der Waals surface area (Å²) in [5.41, 5.74) is 7.93. The summed E-state index contributed by atoms with van der Waals surface area (Å²) in [6.45, 7) is 2.85. The zero-order valence-electron chi connectivity index (χ0n) is 35.5. The van der Waals surface area contributed by atoms with Crippen LogP contribution in [0, 0.1) is 65.7 Å². The lowest BCUT2D eigenvalue weighted by atomic mass is 9.62. The SMILES string of the molecule is COC1CC2CCC(=O)C(C(O)CCCCC3CC4CCC(=O)CC4[NH2+]C34CCCCC4)C#CC(CCC(O)CCC3CC(N)[NH2+]CC3CC3=C[CH+]N=C3)C2CC1O. The highest BCUT2D eigenvalue weighted by molar-refractivity contribution is 5.84. The van der Waals surface area contributed by atoms with E-state index in [1.54, 1.807) is 7.11 Å². The standard InChI is InChI=1S/C48H75N4O6/c1-58-46-25-34-13-18-44(56)40(43(55)8-4-3-7-37-24-35-11-16-39(54)27-42(35)52-48(37)20-5-2-6-21-48)17-12-32(41(34)28-45(46)57)9-14-38(53)15-10-33-26-47(49)51-30-36(33)23-31-19-22-50-29-31/h19,22,29,32-38,40-43,45-47,51-53,55,57H,2-11,13-16,18,20-21,23-28,30,49H2,1H3/q+1/p+2. The van der Waals surface area contributed by atoms with Gasteiger partial charge in [0, 0.05) is 69.3 Å². The molecule has 10 nitrogen and oxygen atoms in total. The number of aliphatic imine (C=N–C) groups is 1. The van der Waals surface area contributed by atoms with Crippen LogP contribution in [-0.2, 0) is 14.3 Å². The molecule has 2 saturated heterocycles. The summed E-state index contributed by atoms with van der Waals surface area (Å²) < 4.78 is 5.70. The number of allylic oxidation sites excluding steroid dienone is 1. The summed E-state index contributed by atoms with van der Waals surface area (Å²) in [4.78, 5) is 30.4. The first-order chi connectivity index (χ1) is 28.1. The molecular formula is C48H77N4O6+3. The Hall–Kier alpha value is -2.10. The highest BCUT2D eigenvalue weighted by Gasteiger charge is 2.52. The fraction of sp³-hybridized carbons (Fsp3) is 0.833. The number of rotatable bonds is 15. The Morgan fingerprint density at radius 3 is 2.57 bits per heavy atom. The van der Waals surface area contributed by atoms with Crippen molar-refractivity contribution in [3.63, 3.8) is 0 Å². The molecule has 4 aliphatic carbocycles. The topological polar surface area (TPSA) is 176 Å². The number of quaternary nitrogens is 2. The van der Waals surface area contributed by atoms with Crippen molar-refractivity contribution in [2.75, 3.05) is 13.7 Å². The number of nitrogens with zero attached hydrogens (tertiary/aromatic N) is 1. The number of fused-ring (bicyclic) bond motifs is 2. The van der Waals surface area contributed by atoms with E-state index in [9.17, 15) is 24.9 Å². The monoisotopic (exact) mass is 806 g/mol. The zero-order chi connectivity index (χ0) is 40.6. The van der Waals surface area contributed by atoms with Gasteiger partial charge in [0.25, 0.3) is 0 Å². The van der Waals surface area contributed by atoms with Gasteiger partial charge in [-0.3, -0.25) is 15.3 Å². The van der Waals surface area contributed by atoms with Gasteiger partial charge in [-0.05, 0) is 101 Å². The van der Waals surface area contributed by atoms with Gasteiger partial charge in [0.2, 0.25) is 0 Å². The number of aliphatic hydroxyl groups is 3. The van der Waals surface area contributed by atoms with Gasteiger partial charge in [0.1, 0.15) is 35.8 Å². The molecule has 3 aliphatic heterocycles. The van der Waals surface area contributed by atoms with E-state index in [1.807, 2.05) is 12.8 Å². The van der Waals surface area contributed by atoms with E-state index in [0.717, 1.165) is 70.8 Å². The predicted molar refractivity (Wildman–Crippen MR) is 225 cm³/mol. The molecule has 7 rings (SSSR count). The van der Waals surface area contributed by atoms with Crippen molar-refractivity contribution in [1.82, 2.24) is 0 Å². The number of Topliss-reactive ketones (excluding diaryl/α,β-unsaturated/α-hetero) is 2. The van der Waals surface area contributed by atoms with Gasteiger partial charge in [-0.2, -0.15) is 0 Å². The van der Waals surface area contributed by atoms with E-state index in [-0.39, 0.29) is 41.3 Å². The molecule has 7 aliphatic rings. The van der Waals surface area contributed by atoms with Crippen LogP contribution in [0.4, 0.5) is 0 Å². The molecule has 0 amide bonds. The molecule has 0 aromatic heterocycles. The summed E-state index contributed by atoms with van der Waals surface area (Å²) in [6, 6.07) is 0.470. The molecule has 10 heteroatoms. The Morgan fingerprint density at radius 2 is 1.78 bits per heavy atom. The Labute approximate surface area is 348 Å². The van der Waals surface area contributed by atoms with Gasteiger partial charge in [-0.25, -0.2) is 0 Å². The molecule has 1 spiro atoms. The van der Waals surface area contributed by atoms with E-state index < -0.39 is 24.2 Å². The quantitative estimate of drug-likeness (QED) is 0.0827. The Morgan fingerprint density at radius 1 is 0.966 bits per heavy atom. The number of carbonyl (C=O) groups is 2. The summed E-state index contributed by atoms with van der Waals surface area (Å²) in [5.74, 6) is 9.16. The van der Waals surface area contributed by atoms with Gasteiger partial charge in [0.05, 0.1) is 55.0 Å². The average molecular weight is 806 g/mol. The van der Waals surface area contributed by atoms with Gasteiger partial charge in [-0.1, -0.05) is 31.1 Å². The fourth-order valence-electron chi connectivity index (χ4n) is 13.1. The number of hydrogen-bond donors (Lipinski definition) is 6. The molecule has 0 radical (unpaired) electrons. The molecule has 0 aromatic rings. The van der Waals surface area contributed by atoms with Crippen LogP contribution in [0.3, 0.4) is 0 Å². The number of unbranched alkanes of at least 4 members (excludes halogenated alkanes) is 1. The number of aliphatic hydroxyl groups excluding tert-OH is 3. The normalized spacial score (nSPS) is 38.5. The number of methoxy groups -OCH3 is 1. The molecule has 9 N–H and O–H groups in total. The highest BCUT2D eigenvalue weighted by atomic mass is 16.5. The van der Waals surface area contributed by atoms with E-state index in [0.29, 0.717) is 80.4 Å². The van der Waals surface area contributed by atoms with Crippen molar-refractivity contribution >= 4 is 17.8 Å². The second-order valence-electron chi connectivity index (χ2n) is 20.1. The summed E-state index contributed by atoms with van der Waals surface area (Å²) in [6.07, 6.45) is 23.2. The summed E-state index contributed by atoms with van der Waals surface area (Å²) in [7, 11) is 1.66. The van der Waals surface area contributed by atoms with Crippen LogP contribution >= 0.6 is 0 Å². The molecule has 3 heterocycles. The smallest absolute Gasteiger partial charge is 0.176 e. The molecule has 3 saturated carbocycles. The molecule has 14 unspecified atom stereocenters. The van der Waals surface area contributed by atoms with Crippen molar-refractivity contribution in [2.45, 2.75) is 190 Å². The Bertz CT molecular complexity index is 1500. The molecule has 322 valence electrons. The van der Waals surface area contributed by atoms with Crippen LogP contribution in [0.25, 0.3) is 0 Å². The molecular weight excluding hydrogens is 729 g/mol. The molecule has 14 atom stereocenters. The van der Waals surface area contributed by atoms with Crippen LogP contribution in [0.2, 0.25) is 0 Å². The first kappa shape index (κ1) is 44.0. The average Bonchev–Trinajstić information content (AvgIpc) is 3.75. The molecule has 5 fully saturated rings. The number of hydrogen-bond acceptors (Lipinski definition) is 8. The van der Waals surface area contributed by atoms with Crippen LogP contribution in [0.1, 0.15) is 148 Å². The first-order valence-corrected chi connectivity index (χ1v) is 23.7. The predicted octanol–water partition coefficient (Wildman–Crippen LogP) is 3.90. The molecule has 58 heavy (non-hydrogen) atoms. The number of ketones is 2. The van der Waals surface area contributed by atoms with Crippen LogP contribution in [-0.4, -0.2) is 88.9 Å². The van der Waals surface area contributed by atoms with Gasteiger partial charge in [-0.15, -0.1) is 4.99 Å².